The van der Waals surface area contributed by atoms with E-state index >= 15 is 0 Å². The predicted octanol–water partition coefficient (Wildman–Crippen LogP) is 3.29. The second-order valence-corrected chi connectivity index (χ2v) is 6.04. The van der Waals surface area contributed by atoms with Crippen LogP contribution in [0.5, 0.6) is 0 Å². The summed E-state index contributed by atoms with van der Waals surface area (Å²) in [7, 11) is 0. The van der Waals surface area contributed by atoms with Crippen LogP contribution in [0.15, 0.2) is 54.0 Å². The van der Waals surface area contributed by atoms with Crippen molar-refractivity contribution < 1.29 is 5.11 Å². The van der Waals surface area contributed by atoms with E-state index in [1.807, 2.05) is 12.3 Å². The predicted molar refractivity (Wildman–Crippen MR) is 87.3 cm³/mol. The van der Waals surface area contributed by atoms with Gasteiger partial charge in [-0.05, 0) is 23.1 Å². The maximum atomic E-state index is 9.30. The molecule has 0 spiro atoms. The lowest BCUT2D eigenvalue weighted by atomic mass is 10.1. The van der Waals surface area contributed by atoms with Crippen LogP contribution < -0.4 is 0 Å². The number of thiophene rings is 1. The van der Waals surface area contributed by atoms with E-state index in [2.05, 4.69) is 51.7 Å². The molecular weight excluding hydrogens is 280 g/mol. The maximum Gasteiger partial charge on any atom is 0.0746 e. The first kappa shape index (κ1) is 14.2. The van der Waals surface area contributed by atoms with E-state index in [0.29, 0.717) is 6.54 Å². The van der Waals surface area contributed by atoms with Gasteiger partial charge in [-0.25, -0.2) is 0 Å². The number of aromatic nitrogens is 1. The van der Waals surface area contributed by atoms with Crippen molar-refractivity contribution in [2.24, 2.45) is 0 Å². The first-order chi connectivity index (χ1) is 10.4. The Morgan fingerprint density at radius 2 is 1.95 bits per heavy atom. The molecule has 0 radical (unpaired) electrons. The zero-order valence-electron chi connectivity index (χ0n) is 11.8. The van der Waals surface area contributed by atoms with Crippen molar-refractivity contribution in [2.45, 2.75) is 13.1 Å². The van der Waals surface area contributed by atoms with Gasteiger partial charge in [-0.1, -0.05) is 30.3 Å². The number of nitrogens with zero attached hydrogens (tertiary/aromatic N) is 2. The summed E-state index contributed by atoms with van der Waals surface area (Å²) in [6.45, 7) is 2.50. The van der Waals surface area contributed by atoms with Gasteiger partial charge < -0.3 is 5.11 Å². The molecule has 2 heterocycles. The first-order valence-electron chi connectivity index (χ1n) is 7.05. The number of hydrogen-bond acceptors (Lipinski definition) is 4. The Bertz CT molecular complexity index is 692. The third-order valence-corrected chi connectivity index (χ3v) is 4.35. The average molecular weight is 298 g/mol. The van der Waals surface area contributed by atoms with Crippen molar-refractivity contribution in [3.05, 3.63) is 64.5 Å². The molecule has 0 aliphatic rings. The molecule has 0 saturated carbocycles. The van der Waals surface area contributed by atoms with Crippen molar-refractivity contribution in [3.63, 3.8) is 0 Å². The fraction of sp³-hybridized carbons (Fsp3) is 0.235. The van der Waals surface area contributed by atoms with Gasteiger partial charge in [0.25, 0.3) is 0 Å². The lowest BCUT2D eigenvalue weighted by Gasteiger charge is -2.21. The molecule has 2 aromatic heterocycles. The number of benzene rings is 1. The fourth-order valence-electron chi connectivity index (χ4n) is 2.51. The van der Waals surface area contributed by atoms with E-state index in [1.165, 1.54) is 10.4 Å². The summed E-state index contributed by atoms with van der Waals surface area (Å²) < 4.78 is 0. The Balaban J connectivity index is 1.83. The van der Waals surface area contributed by atoms with Crippen LogP contribution in [0.4, 0.5) is 0 Å². The number of rotatable bonds is 6. The minimum atomic E-state index is 0.170. The summed E-state index contributed by atoms with van der Waals surface area (Å²) in [5.74, 6) is 0. The summed E-state index contributed by atoms with van der Waals surface area (Å²) in [6, 6.07) is 14.5. The van der Waals surface area contributed by atoms with Crippen LogP contribution >= 0.6 is 11.3 Å². The Morgan fingerprint density at radius 1 is 1.05 bits per heavy atom. The molecule has 0 amide bonds. The number of aliphatic hydroxyl groups excluding tert-OH is 1. The molecule has 21 heavy (non-hydrogen) atoms. The summed E-state index contributed by atoms with van der Waals surface area (Å²) in [5, 5.41) is 12.6. The summed E-state index contributed by atoms with van der Waals surface area (Å²) >= 11 is 1.75. The smallest absolute Gasteiger partial charge is 0.0746 e. The van der Waals surface area contributed by atoms with Gasteiger partial charge in [0.15, 0.2) is 0 Å². The minimum absolute atomic E-state index is 0.170. The molecule has 3 rings (SSSR count). The van der Waals surface area contributed by atoms with Crippen LogP contribution in [-0.4, -0.2) is 28.1 Å². The minimum Gasteiger partial charge on any atom is -0.395 e. The van der Waals surface area contributed by atoms with Crippen LogP contribution in [0.3, 0.4) is 0 Å². The van der Waals surface area contributed by atoms with E-state index < -0.39 is 0 Å². The van der Waals surface area contributed by atoms with Crippen LogP contribution in [0.1, 0.15) is 10.4 Å². The molecule has 3 nitrogen and oxygen atoms in total. The molecule has 0 saturated heterocycles. The highest BCUT2D eigenvalue weighted by Gasteiger charge is 2.10. The van der Waals surface area contributed by atoms with Crippen molar-refractivity contribution in [3.8, 4) is 0 Å². The van der Waals surface area contributed by atoms with E-state index in [1.54, 1.807) is 11.3 Å². The van der Waals surface area contributed by atoms with Gasteiger partial charge in [-0.3, -0.25) is 9.88 Å². The number of hydrogen-bond donors (Lipinski definition) is 1. The zero-order chi connectivity index (χ0) is 14.5. The van der Waals surface area contributed by atoms with E-state index in [-0.39, 0.29) is 6.61 Å². The van der Waals surface area contributed by atoms with Crippen molar-refractivity contribution in [1.29, 1.82) is 0 Å². The van der Waals surface area contributed by atoms with Gasteiger partial charge in [-0.15, -0.1) is 11.3 Å². The quantitative estimate of drug-likeness (QED) is 0.758. The second kappa shape index (κ2) is 6.80. The molecule has 1 aromatic carbocycles. The van der Waals surface area contributed by atoms with Gasteiger partial charge in [0, 0.05) is 36.1 Å². The normalized spacial score (nSPS) is 11.3. The number of fused-ring (bicyclic) bond motifs is 1. The third kappa shape index (κ3) is 3.47. The summed E-state index contributed by atoms with van der Waals surface area (Å²) in [4.78, 5) is 8.08. The lowest BCUT2D eigenvalue weighted by molar-refractivity contribution is 0.186. The Morgan fingerprint density at radius 3 is 2.76 bits per heavy atom. The van der Waals surface area contributed by atoms with Crippen LogP contribution in [-0.2, 0) is 13.1 Å². The monoisotopic (exact) mass is 298 g/mol. The molecule has 0 unspecified atom stereocenters. The van der Waals surface area contributed by atoms with Crippen LogP contribution in [0, 0.1) is 0 Å². The Kier molecular flexibility index (Phi) is 4.60. The molecule has 0 aliphatic heterocycles. The van der Waals surface area contributed by atoms with Crippen molar-refractivity contribution in [2.75, 3.05) is 13.2 Å². The maximum absolute atomic E-state index is 9.30. The molecule has 1 N–H and O–H groups in total. The standard InChI is InChI=1S/C17H18N2OS/c20-10-9-19(13-16-7-3-11-21-16)12-15-5-1-4-14-6-2-8-18-17(14)15/h1-8,11,20H,9-10,12-13H2. The largest absolute Gasteiger partial charge is 0.395 e. The highest BCUT2D eigenvalue weighted by Crippen LogP contribution is 2.19. The molecule has 0 atom stereocenters. The van der Waals surface area contributed by atoms with E-state index in [9.17, 15) is 5.11 Å². The molecule has 3 aromatic rings. The molecule has 108 valence electrons. The SMILES string of the molecule is OCCN(Cc1cccs1)Cc1cccc2cccnc12. The zero-order valence-corrected chi connectivity index (χ0v) is 12.6. The molecule has 0 aliphatic carbocycles. The average Bonchev–Trinajstić information content (AvgIpc) is 3.01. The highest BCUT2D eigenvalue weighted by atomic mass is 32.1. The fourth-order valence-corrected chi connectivity index (χ4v) is 3.26. The number of aliphatic hydroxyl groups is 1. The summed E-state index contributed by atoms with van der Waals surface area (Å²) in [5.41, 5.74) is 2.26. The second-order valence-electron chi connectivity index (χ2n) is 5.01. The Labute approximate surface area is 128 Å². The molecular formula is C17H18N2OS. The summed E-state index contributed by atoms with van der Waals surface area (Å²) in [6.07, 6.45) is 1.83. The van der Waals surface area contributed by atoms with Crippen molar-refractivity contribution >= 4 is 22.2 Å². The highest BCUT2D eigenvalue weighted by molar-refractivity contribution is 7.09. The topological polar surface area (TPSA) is 36.4 Å². The Hall–Kier alpha value is -1.75. The molecule has 0 fully saturated rings. The number of para-hydroxylation sites is 1. The van der Waals surface area contributed by atoms with Gasteiger partial charge in [0.05, 0.1) is 12.1 Å². The molecule has 4 heteroatoms. The van der Waals surface area contributed by atoms with E-state index in [0.717, 1.165) is 24.0 Å². The van der Waals surface area contributed by atoms with Gasteiger partial charge in [0.2, 0.25) is 0 Å². The van der Waals surface area contributed by atoms with Gasteiger partial charge >= 0.3 is 0 Å². The van der Waals surface area contributed by atoms with Crippen LogP contribution in [0.2, 0.25) is 0 Å². The number of pyridine rings is 1. The molecule has 0 bridgehead atoms. The van der Waals surface area contributed by atoms with Gasteiger partial charge in [0.1, 0.15) is 0 Å². The third-order valence-electron chi connectivity index (χ3n) is 3.49. The lowest BCUT2D eigenvalue weighted by Crippen LogP contribution is -2.25. The first-order valence-corrected chi connectivity index (χ1v) is 7.93. The van der Waals surface area contributed by atoms with Crippen molar-refractivity contribution in [1.82, 2.24) is 9.88 Å². The van der Waals surface area contributed by atoms with Gasteiger partial charge in [-0.2, -0.15) is 0 Å². The van der Waals surface area contributed by atoms with Crippen LogP contribution in [0.25, 0.3) is 10.9 Å². The van der Waals surface area contributed by atoms with E-state index in [4.69, 9.17) is 0 Å².